The van der Waals surface area contributed by atoms with E-state index in [1.165, 1.54) is 5.56 Å². The van der Waals surface area contributed by atoms with Crippen molar-refractivity contribution in [2.75, 3.05) is 13.2 Å². The van der Waals surface area contributed by atoms with E-state index < -0.39 is 5.60 Å². The molecule has 1 atom stereocenters. The highest BCUT2D eigenvalue weighted by atomic mass is 16.5. The molecule has 2 rings (SSSR count). The summed E-state index contributed by atoms with van der Waals surface area (Å²) in [5, 5.41) is 13.2. The molecule has 1 unspecified atom stereocenters. The van der Waals surface area contributed by atoms with Crippen molar-refractivity contribution in [1.29, 1.82) is 0 Å². The summed E-state index contributed by atoms with van der Waals surface area (Å²) in [5.41, 5.74) is 0.631. The number of benzene rings is 1. The maximum absolute atomic E-state index is 9.68. The Morgan fingerprint density at radius 1 is 1.41 bits per heavy atom. The number of fused-ring (bicyclic) bond motifs is 1. The molecule has 1 aromatic carbocycles. The van der Waals surface area contributed by atoms with Crippen LogP contribution in [0.25, 0.3) is 0 Å². The summed E-state index contributed by atoms with van der Waals surface area (Å²) in [5.74, 6) is 0.986. The van der Waals surface area contributed by atoms with E-state index in [1.807, 2.05) is 32.0 Å². The van der Waals surface area contributed by atoms with Crippen molar-refractivity contribution in [3.63, 3.8) is 0 Å². The van der Waals surface area contributed by atoms with Crippen LogP contribution < -0.4 is 10.1 Å². The van der Waals surface area contributed by atoms with Gasteiger partial charge in [-0.05, 0) is 32.9 Å². The fourth-order valence-electron chi connectivity index (χ4n) is 2.11. The van der Waals surface area contributed by atoms with Crippen LogP contribution in [-0.2, 0) is 0 Å². The number of aliphatic hydroxyl groups is 1. The quantitative estimate of drug-likeness (QED) is 0.841. The smallest absolute Gasteiger partial charge is 0.124 e. The molecule has 0 saturated carbocycles. The van der Waals surface area contributed by atoms with Gasteiger partial charge in [0, 0.05) is 18.0 Å². The summed E-state index contributed by atoms with van der Waals surface area (Å²) in [6.07, 6.45) is 1.75. The van der Waals surface area contributed by atoms with Crippen LogP contribution in [0, 0.1) is 0 Å². The molecule has 0 radical (unpaired) electrons. The molecule has 17 heavy (non-hydrogen) atoms. The predicted molar refractivity (Wildman–Crippen MR) is 68.2 cm³/mol. The number of hydrogen-bond acceptors (Lipinski definition) is 3. The molecular weight excluding hydrogens is 214 g/mol. The Bertz CT molecular complexity index is 371. The molecule has 1 heterocycles. The third-order valence-corrected chi connectivity index (χ3v) is 3.09. The molecule has 0 aliphatic carbocycles. The van der Waals surface area contributed by atoms with Crippen LogP contribution >= 0.6 is 0 Å². The van der Waals surface area contributed by atoms with Crippen LogP contribution in [-0.4, -0.2) is 23.9 Å². The number of ether oxygens (including phenoxy) is 1. The van der Waals surface area contributed by atoms with Crippen molar-refractivity contribution in [2.24, 2.45) is 0 Å². The fourth-order valence-corrected chi connectivity index (χ4v) is 2.11. The molecular formula is C14H21NO2. The first-order valence-electron chi connectivity index (χ1n) is 6.24. The zero-order valence-corrected chi connectivity index (χ0v) is 10.6. The monoisotopic (exact) mass is 235 g/mol. The van der Waals surface area contributed by atoms with Gasteiger partial charge in [0.05, 0.1) is 12.2 Å². The summed E-state index contributed by atoms with van der Waals surface area (Å²) >= 11 is 0. The van der Waals surface area contributed by atoms with Crippen molar-refractivity contribution >= 4 is 0 Å². The fraction of sp³-hybridized carbons (Fsp3) is 0.571. The van der Waals surface area contributed by atoms with E-state index in [-0.39, 0.29) is 0 Å². The van der Waals surface area contributed by atoms with E-state index >= 15 is 0 Å². The van der Waals surface area contributed by atoms with E-state index in [2.05, 4.69) is 11.4 Å². The highest BCUT2D eigenvalue weighted by molar-refractivity contribution is 5.37. The molecule has 3 heteroatoms. The van der Waals surface area contributed by atoms with Crippen LogP contribution in [0.15, 0.2) is 24.3 Å². The summed E-state index contributed by atoms with van der Waals surface area (Å²) in [4.78, 5) is 0. The van der Waals surface area contributed by atoms with Crippen molar-refractivity contribution in [1.82, 2.24) is 5.32 Å². The first-order chi connectivity index (χ1) is 8.06. The van der Waals surface area contributed by atoms with Crippen molar-refractivity contribution in [3.05, 3.63) is 29.8 Å². The lowest BCUT2D eigenvalue weighted by molar-refractivity contribution is 0.0698. The minimum Gasteiger partial charge on any atom is -0.493 e. The van der Waals surface area contributed by atoms with Gasteiger partial charge in [-0.25, -0.2) is 0 Å². The maximum atomic E-state index is 9.68. The molecule has 1 aliphatic rings. The van der Waals surface area contributed by atoms with E-state index in [0.29, 0.717) is 6.04 Å². The Morgan fingerprint density at radius 3 is 2.94 bits per heavy atom. The van der Waals surface area contributed by atoms with Gasteiger partial charge in [0.1, 0.15) is 5.75 Å². The molecule has 0 fully saturated rings. The summed E-state index contributed by atoms with van der Waals surface area (Å²) < 4.78 is 5.61. The normalized spacial score (nSPS) is 19.6. The van der Waals surface area contributed by atoms with Gasteiger partial charge in [0.25, 0.3) is 0 Å². The van der Waals surface area contributed by atoms with Gasteiger partial charge in [-0.1, -0.05) is 18.2 Å². The van der Waals surface area contributed by atoms with Gasteiger partial charge >= 0.3 is 0 Å². The average molecular weight is 235 g/mol. The maximum Gasteiger partial charge on any atom is 0.124 e. The largest absolute Gasteiger partial charge is 0.493 e. The van der Waals surface area contributed by atoms with Crippen LogP contribution in [0.5, 0.6) is 5.75 Å². The second-order valence-corrected chi connectivity index (χ2v) is 5.24. The van der Waals surface area contributed by atoms with Gasteiger partial charge in [-0.2, -0.15) is 0 Å². The van der Waals surface area contributed by atoms with Gasteiger partial charge in [-0.15, -0.1) is 0 Å². The number of rotatable bonds is 4. The molecule has 1 aromatic rings. The molecule has 0 bridgehead atoms. The third-order valence-electron chi connectivity index (χ3n) is 3.09. The van der Waals surface area contributed by atoms with Gasteiger partial charge in [-0.3, -0.25) is 0 Å². The Balaban J connectivity index is 1.95. The zero-order chi connectivity index (χ0) is 12.3. The van der Waals surface area contributed by atoms with Gasteiger partial charge < -0.3 is 15.2 Å². The van der Waals surface area contributed by atoms with Crippen LogP contribution in [0.4, 0.5) is 0 Å². The average Bonchev–Trinajstić information content (AvgIpc) is 2.28. The van der Waals surface area contributed by atoms with Gasteiger partial charge in [0.15, 0.2) is 0 Å². The minimum absolute atomic E-state index is 0.349. The van der Waals surface area contributed by atoms with Crippen LogP contribution in [0.2, 0.25) is 0 Å². The van der Waals surface area contributed by atoms with Crippen molar-refractivity contribution in [3.8, 4) is 5.75 Å². The highest BCUT2D eigenvalue weighted by Crippen LogP contribution is 2.31. The number of para-hydroxylation sites is 1. The molecule has 0 spiro atoms. The molecule has 0 saturated heterocycles. The SMILES string of the molecule is CC(C)(O)CCNC1CCOc2ccccc21. The van der Waals surface area contributed by atoms with Gasteiger partial charge in [0.2, 0.25) is 0 Å². The molecule has 3 nitrogen and oxygen atoms in total. The first-order valence-corrected chi connectivity index (χ1v) is 6.24. The third kappa shape index (κ3) is 3.45. The lowest BCUT2D eigenvalue weighted by Crippen LogP contribution is -2.31. The Hall–Kier alpha value is -1.06. The number of hydrogen-bond donors (Lipinski definition) is 2. The summed E-state index contributed by atoms with van der Waals surface area (Å²) in [6, 6.07) is 8.51. The van der Waals surface area contributed by atoms with Crippen molar-refractivity contribution < 1.29 is 9.84 Å². The Labute approximate surface area is 103 Å². The summed E-state index contributed by atoms with van der Waals surface area (Å²) in [6.45, 7) is 5.26. The Kier molecular flexibility index (Phi) is 3.69. The standard InChI is InChI=1S/C14H21NO2/c1-14(2,16)8-9-15-12-7-10-17-13-6-4-3-5-11(12)13/h3-6,12,15-16H,7-10H2,1-2H3. The first kappa shape index (κ1) is 12.4. The van der Waals surface area contributed by atoms with E-state index in [4.69, 9.17) is 4.74 Å². The lowest BCUT2D eigenvalue weighted by atomic mass is 9.99. The van der Waals surface area contributed by atoms with E-state index in [9.17, 15) is 5.11 Å². The highest BCUT2D eigenvalue weighted by Gasteiger charge is 2.21. The molecule has 2 N–H and O–H groups in total. The molecule has 0 amide bonds. The lowest BCUT2D eigenvalue weighted by Gasteiger charge is -2.27. The second-order valence-electron chi connectivity index (χ2n) is 5.24. The Morgan fingerprint density at radius 2 is 2.18 bits per heavy atom. The topological polar surface area (TPSA) is 41.5 Å². The zero-order valence-electron chi connectivity index (χ0n) is 10.6. The van der Waals surface area contributed by atoms with Crippen molar-refractivity contribution in [2.45, 2.75) is 38.3 Å². The van der Waals surface area contributed by atoms with Crippen LogP contribution in [0.1, 0.15) is 38.3 Å². The minimum atomic E-state index is -0.600. The van der Waals surface area contributed by atoms with E-state index in [0.717, 1.165) is 31.7 Å². The summed E-state index contributed by atoms with van der Waals surface area (Å²) in [7, 11) is 0. The predicted octanol–water partition coefficient (Wildman–Crippen LogP) is 2.26. The second kappa shape index (κ2) is 5.07. The molecule has 1 aliphatic heterocycles. The number of nitrogens with one attached hydrogen (secondary N) is 1. The van der Waals surface area contributed by atoms with Crippen LogP contribution in [0.3, 0.4) is 0 Å². The molecule has 94 valence electrons. The van der Waals surface area contributed by atoms with E-state index in [1.54, 1.807) is 0 Å². The molecule has 0 aromatic heterocycles.